The Bertz CT molecular complexity index is 341. The van der Waals surface area contributed by atoms with Crippen LogP contribution in [0.25, 0.3) is 0 Å². The van der Waals surface area contributed by atoms with E-state index in [1.165, 1.54) is 103 Å². The molecule has 0 amide bonds. The summed E-state index contributed by atoms with van der Waals surface area (Å²) in [6, 6.07) is 0.110. The van der Waals surface area contributed by atoms with Gasteiger partial charge in [-0.25, -0.2) is 0 Å². The van der Waals surface area contributed by atoms with Crippen molar-refractivity contribution in [3.05, 3.63) is 0 Å². The lowest BCUT2D eigenvalue weighted by atomic mass is 10.0. The Morgan fingerprint density at radius 3 is 1.18 bits per heavy atom. The standard InChI is InChI=1S/C22H50N2O3Si.C3H9N.2ClH/c1-2-3-4-5-6-7-8-9-10-11-12-13-14-15-16-17-19-23-22-24-20-18-21-28(25,26)27;1-2-3-4;;/h23-27H,2-22H2,1H3;2-4H2,1H3;2*1H. The molecule has 0 radical (unpaired) electrons. The maximum absolute atomic E-state index is 8.89. The Hall–Kier alpha value is 0.557. The Morgan fingerprint density at radius 1 is 0.529 bits per heavy atom. The molecule has 0 unspecified atom stereocenters. The molecule has 9 heteroatoms. The van der Waals surface area contributed by atoms with E-state index >= 15 is 0 Å². The number of nitrogens with two attached hydrogens (primary N) is 1. The smallest absolute Gasteiger partial charge is 0.390 e. The van der Waals surface area contributed by atoms with E-state index in [4.69, 9.17) is 20.1 Å². The molecule has 0 atom stereocenters. The van der Waals surface area contributed by atoms with Crippen LogP contribution in [-0.2, 0) is 0 Å². The second-order valence-corrected chi connectivity index (χ2v) is 11.2. The van der Waals surface area contributed by atoms with E-state index in [0.29, 0.717) is 13.0 Å². The summed E-state index contributed by atoms with van der Waals surface area (Å²) < 4.78 is 0. The molecule has 7 N–H and O–H groups in total. The fourth-order valence-electron chi connectivity index (χ4n) is 3.51. The van der Waals surface area contributed by atoms with E-state index in [1.807, 2.05) is 0 Å². The third kappa shape index (κ3) is 46.0. The predicted molar refractivity (Wildman–Crippen MR) is 156 cm³/mol. The van der Waals surface area contributed by atoms with Crippen LogP contribution in [-0.4, -0.2) is 49.5 Å². The zero-order chi connectivity index (χ0) is 24.2. The van der Waals surface area contributed by atoms with Crippen LogP contribution in [0.15, 0.2) is 0 Å². The number of unbranched alkanes of at least 4 members (excludes halogenated alkanes) is 15. The van der Waals surface area contributed by atoms with Crippen LogP contribution in [0.4, 0.5) is 0 Å². The molecule has 0 saturated heterocycles. The maximum Gasteiger partial charge on any atom is 0.492 e. The second kappa shape index (κ2) is 35.7. The van der Waals surface area contributed by atoms with Crippen molar-refractivity contribution in [1.29, 1.82) is 0 Å². The monoisotopic (exact) mass is 549 g/mol. The highest BCUT2D eigenvalue weighted by molar-refractivity contribution is 6.56. The molecule has 0 aliphatic rings. The molecule has 0 bridgehead atoms. The fraction of sp³-hybridized carbons (Fsp3) is 1.00. The Balaban J connectivity index is -0.000000690. The minimum atomic E-state index is -3.83. The quantitative estimate of drug-likeness (QED) is 0.0508. The maximum atomic E-state index is 8.89. The molecule has 0 aliphatic heterocycles. The van der Waals surface area contributed by atoms with Gasteiger partial charge in [0.25, 0.3) is 0 Å². The summed E-state index contributed by atoms with van der Waals surface area (Å²) in [5.74, 6) is 0. The summed E-state index contributed by atoms with van der Waals surface area (Å²) in [7, 11) is -3.83. The summed E-state index contributed by atoms with van der Waals surface area (Å²) in [6.45, 7) is 7.63. The lowest BCUT2D eigenvalue weighted by Gasteiger charge is -2.10. The van der Waals surface area contributed by atoms with Crippen molar-refractivity contribution < 1.29 is 14.4 Å². The molecule has 6 nitrogen and oxygen atoms in total. The van der Waals surface area contributed by atoms with Gasteiger partial charge >= 0.3 is 8.80 Å². The zero-order valence-corrected chi connectivity index (χ0v) is 25.1. The molecule has 0 rings (SSSR count). The van der Waals surface area contributed by atoms with Crippen molar-refractivity contribution in [3.8, 4) is 0 Å². The molecule has 0 aliphatic carbocycles. The molecule has 0 saturated carbocycles. The lowest BCUT2D eigenvalue weighted by molar-refractivity contribution is 0.226. The van der Waals surface area contributed by atoms with Crippen molar-refractivity contribution in [2.45, 2.75) is 135 Å². The molecule has 0 spiro atoms. The lowest BCUT2D eigenvalue weighted by Crippen LogP contribution is -2.36. The fourth-order valence-corrected chi connectivity index (χ4v) is 4.16. The van der Waals surface area contributed by atoms with Crippen LogP contribution in [0.2, 0.25) is 6.04 Å². The summed E-state index contributed by atoms with van der Waals surface area (Å²) in [4.78, 5) is 26.7. The first-order valence-corrected chi connectivity index (χ1v) is 15.8. The van der Waals surface area contributed by atoms with Gasteiger partial charge in [0.2, 0.25) is 0 Å². The normalized spacial score (nSPS) is 10.8. The summed E-state index contributed by atoms with van der Waals surface area (Å²) >= 11 is 0. The van der Waals surface area contributed by atoms with Crippen molar-refractivity contribution in [2.75, 3.05) is 26.3 Å². The van der Waals surface area contributed by atoms with Crippen LogP contribution < -0.4 is 16.4 Å². The number of hydrogen-bond donors (Lipinski definition) is 6. The van der Waals surface area contributed by atoms with Crippen molar-refractivity contribution in [3.63, 3.8) is 0 Å². The number of hydrogen-bond acceptors (Lipinski definition) is 6. The van der Waals surface area contributed by atoms with Gasteiger partial charge in [-0.15, -0.1) is 24.8 Å². The Kier molecular flexibility index (Phi) is 43.8. The highest BCUT2D eigenvalue weighted by Crippen LogP contribution is 2.13. The molecule has 212 valence electrons. The average molecular weight is 551 g/mol. The molecular formula is C25H61Cl2N3O3Si. The van der Waals surface area contributed by atoms with Crippen molar-refractivity contribution >= 4 is 33.6 Å². The molecule has 0 aromatic rings. The van der Waals surface area contributed by atoms with Crippen LogP contribution >= 0.6 is 24.8 Å². The zero-order valence-electron chi connectivity index (χ0n) is 22.5. The molecule has 0 fully saturated rings. The number of rotatable bonds is 24. The molecular weight excluding hydrogens is 489 g/mol. The largest absolute Gasteiger partial charge is 0.492 e. The molecule has 34 heavy (non-hydrogen) atoms. The van der Waals surface area contributed by atoms with Crippen LogP contribution in [0.3, 0.4) is 0 Å². The first kappa shape index (κ1) is 41.7. The van der Waals surface area contributed by atoms with E-state index in [9.17, 15) is 0 Å². The van der Waals surface area contributed by atoms with Gasteiger partial charge in [0.15, 0.2) is 0 Å². The van der Waals surface area contributed by atoms with E-state index in [1.54, 1.807) is 0 Å². The van der Waals surface area contributed by atoms with E-state index < -0.39 is 8.80 Å². The van der Waals surface area contributed by atoms with Gasteiger partial charge in [-0.05, 0) is 38.9 Å². The van der Waals surface area contributed by atoms with E-state index in [2.05, 4.69) is 24.5 Å². The average Bonchev–Trinajstić information content (AvgIpc) is 2.76. The topological polar surface area (TPSA) is 111 Å². The highest BCUT2D eigenvalue weighted by atomic mass is 35.5. The van der Waals surface area contributed by atoms with Crippen molar-refractivity contribution in [1.82, 2.24) is 10.6 Å². The molecule has 0 heterocycles. The molecule has 0 aromatic carbocycles. The first-order chi connectivity index (χ1) is 15.5. The van der Waals surface area contributed by atoms with Gasteiger partial charge in [0.05, 0.1) is 0 Å². The van der Waals surface area contributed by atoms with E-state index in [0.717, 1.165) is 26.2 Å². The van der Waals surface area contributed by atoms with Gasteiger partial charge in [0.1, 0.15) is 0 Å². The first-order valence-electron chi connectivity index (χ1n) is 13.8. The van der Waals surface area contributed by atoms with Gasteiger partial charge in [0, 0.05) is 12.7 Å². The SMILES string of the molecule is CCCCCCCCCCCCCCCCCCNCNCCC[Si](O)(O)O.CCCN.Cl.Cl. The third-order valence-corrected chi connectivity index (χ3v) is 6.64. The third-order valence-electron chi connectivity index (χ3n) is 5.61. The van der Waals surface area contributed by atoms with Crippen LogP contribution in [0.1, 0.15) is 129 Å². The van der Waals surface area contributed by atoms with Crippen molar-refractivity contribution in [2.24, 2.45) is 5.73 Å². The molecule has 0 aromatic heterocycles. The van der Waals surface area contributed by atoms with Gasteiger partial charge < -0.3 is 30.8 Å². The minimum Gasteiger partial charge on any atom is -0.390 e. The highest BCUT2D eigenvalue weighted by Gasteiger charge is 2.25. The Labute approximate surface area is 225 Å². The minimum absolute atomic E-state index is 0. The summed E-state index contributed by atoms with van der Waals surface area (Å²) in [5.41, 5.74) is 5.03. The van der Waals surface area contributed by atoms with Gasteiger partial charge in [-0.2, -0.15) is 0 Å². The summed E-state index contributed by atoms with van der Waals surface area (Å²) in [6.07, 6.45) is 24.1. The van der Waals surface area contributed by atoms with Gasteiger partial charge in [-0.3, -0.25) is 0 Å². The number of nitrogens with one attached hydrogen (secondary N) is 2. The Morgan fingerprint density at radius 2 is 0.853 bits per heavy atom. The van der Waals surface area contributed by atoms with Gasteiger partial charge in [-0.1, -0.05) is 110 Å². The van der Waals surface area contributed by atoms with E-state index in [-0.39, 0.29) is 30.9 Å². The number of halogens is 2. The predicted octanol–water partition coefficient (Wildman–Crippen LogP) is 5.89. The summed E-state index contributed by atoms with van der Waals surface area (Å²) in [5, 5.41) is 6.54. The van der Waals surface area contributed by atoms with Crippen LogP contribution in [0.5, 0.6) is 0 Å². The van der Waals surface area contributed by atoms with Crippen LogP contribution in [0, 0.1) is 0 Å². The second-order valence-electron chi connectivity index (χ2n) is 9.15.